The van der Waals surface area contributed by atoms with Crippen LogP contribution in [0.4, 0.5) is 0 Å². The molecule has 0 unspecified atom stereocenters. The fourth-order valence-corrected chi connectivity index (χ4v) is 4.16. The Labute approximate surface area is 135 Å². The van der Waals surface area contributed by atoms with E-state index in [-0.39, 0.29) is 0 Å². The summed E-state index contributed by atoms with van der Waals surface area (Å²) in [6, 6.07) is 8.52. The second kappa shape index (κ2) is 5.75. The van der Waals surface area contributed by atoms with Crippen molar-refractivity contribution < 1.29 is 0 Å². The fraction of sp³-hybridized carbons (Fsp3) is 0. The number of aromatic nitrogens is 4. The Morgan fingerprint density at radius 3 is 1.27 bits per heavy atom. The molecule has 0 N–H and O–H groups in total. The Balaban J connectivity index is 1.66. The average molecular weight is 322 g/mol. The molecule has 0 amide bonds. The van der Waals surface area contributed by atoms with Gasteiger partial charge in [0.2, 0.25) is 0 Å². The van der Waals surface area contributed by atoms with Crippen LogP contribution in [-0.2, 0) is 0 Å². The Morgan fingerprint density at radius 2 is 0.864 bits per heavy atom. The summed E-state index contributed by atoms with van der Waals surface area (Å²) in [6.45, 7) is 0. The Morgan fingerprint density at radius 1 is 0.500 bits per heavy atom. The van der Waals surface area contributed by atoms with Crippen molar-refractivity contribution >= 4 is 22.7 Å². The first-order valence-electron chi connectivity index (χ1n) is 6.61. The molecule has 4 heterocycles. The lowest BCUT2D eigenvalue weighted by molar-refractivity contribution is 1.17. The first kappa shape index (κ1) is 13.2. The molecule has 4 rings (SSSR count). The molecule has 6 heteroatoms. The second-order valence-electron chi connectivity index (χ2n) is 4.58. The van der Waals surface area contributed by atoms with Crippen molar-refractivity contribution in [1.82, 2.24) is 19.9 Å². The summed E-state index contributed by atoms with van der Waals surface area (Å²) in [5.41, 5.74) is 2.10. The SMILES string of the molecule is c1ncc(-c2ccc(-c3ccc(-c4cncnc4)s3)s2)cn1. The van der Waals surface area contributed by atoms with E-state index < -0.39 is 0 Å². The quantitative estimate of drug-likeness (QED) is 0.561. The van der Waals surface area contributed by atoms with Gasteiger partial charge in [0.15, 0.2) is 0 Å². The molecule has 0 aliphatic heterocycles. The summed E-state index contributed by atoms with van der Waals surface area (Å²) in [7, 11) is 0. The predicted molar refractivity (Wildman–Crippen MR) is 89.7 cm³/mol. The maximum atomic E-state index is 4.07. The van der Waals surface area contributed by atoms with Crippen molar-refractivity contribution in [1.29, 1.82) is 0 Å². The van der Waals surface area contributed by atoms with Gasteiger partial charge in [0.1, 0.15) is 12.7 Å². The lowest BCUT2D eigenvalue weighted by Crippen LogP contribution is -1.77. The van der Waals surface area contributed by atoms with Gasteiger partial charge in [-0.05, 0) is 24.3 Å². The third-order valence-electron chi connectivity index (χ3n) is 3.15. The van der Waals surface area contributed by atoms with Crippen molar-refractivity contribution in [3.63, 3.8) is 0 Å². The molecule has 0 bridgehead atoms. The monoisotopic (exact) mass is 322 g/mol. The minimum absolute atomic E-state index is 1.05. The first-order valence-corrected chi connectivity index (χ1v) is 8.24. The summed E-state index contributed by atoms with van der Waals surface area (Å²) >= 11 is 3.49. The Kier molecular flexibility index (Phi) is 3.46. The van der Waals surface area contributed by atoms with Crippen LogP contribution in [0.3, 0.4) is 0 Å². The van der Waals surface area contributed by atoms with E-state index in [1.165, 1.54) is 19.5 Å². The molecule has 0 aromatic carbocycles. The smallest absolute Gasteiger partial charge is 0.115 e. The molecule has 106 valence electrons. The summed E-state index contributed by atoms with van der Waals surface area (Å²) in [5, 5.41) is 0. The van der Waals surface area contributed by atoms with E-state index in [0.29, 0.717) is 0 Å². The summed E-state index contributed by atoms with van der Waals surface area (Å²) < 4.78 is 0. The predicted octanol–water partition coefficient (Wildman–Crippen LogP) is 4.39. The van der Waals surface area contributed by atoms with Crippen molar-refractivity contribution in [2.45, 2.75) is 0 Å². The molecule has 0 saturated carbocycles. The van der Waals surface area contributed by atoms with Crippen molar-refractivity contribution in [3.05, 3.63) is 61.7 Å². The van der Waals surface area contributed by atoms with Crippen molar-refractivity contribution in [2.75, 3.05) is 0 Å². The largest absolute Gasteiger partial charge is 0.244 e. The molecular weight excluding hydrogens is 312 g/mol. The van der Waals surface area contributed by atoms with Crippen LogP contribution in [0.25, 0.3) is 30.6 Å². The molecule has 22 heavy (non-hydrogen) atoms. The molecule has 4 aromatic rings. The third kappa shape index (κ3) is 2.54. The number of hydrogen-bond donors (Lipinski definition) is 0. The Hall–Kier alpha value is -2.44. The number of thiophene rings is 2. The molecule has 0 atom stereocenters. The van der Waals surface area contributed by atoms with Crippen LogP contribution >= 0.6 is 22.7 Å². The number of rotatable bonds is 3. The van der Waals surface area contributed by atoms with E-state index in [4.69, 9.17) is 0 Å². The second-order valence-corrected chi connectivity index (χ2v) is 6.75. The zero-order valence-corrected chi connectivity index (χ0v) is 13.0. The maximum Gasteiger partial charge on any atom is 0.115 e. The van der Waals surface area contributed by atoms with E-state index in [1.54, 1.807) is 35.3 Å². The number of nitrogens with zero attached hydrogens (tertiary/aromatic N) is 4. The summed E-state index contributed by atoms with van der Waals surface area (Å²) in [4.78, 5) is 21.1. The first-order chi connectivity index (χ1) is 10.9. The van der Waals surface area contributed by atoms with Gasteiger partial charge in [-0.2, -0.15) is 0 Å². The van der Waals surface area contributed by atoms with E-state index in [9.17, 15) is 0 Å². The standard InChI is InChI=1S/C16H10N4S2/c1-3-15(21-13(1)11-5-17-9-18-6-11)16-4-2-14(22-16)12-7-19-10-20-8-12/h1-10H. The van der Waals surface area contributed by atoms with Crippen LogP contribution in [0, 0.1) is 0 Å². The topological polar surface area (TPSA) is 51.6 Å². The zero-order chi connectivity index (χ0) is 14.8. The van der Waals surface area contributed by atoms with Gasteiger partial charge in [0.25, 0.3) is 0 Å². The molecule has 0 saturated heterocycles. The van der Waals surface area contributed by atoms with Gasteiger partial charge in [-0.15, -0.1) is 22.7 Å². The maximum absolute atomic E-state index is 4.07. The van der Waals surface area contributed by atoms with Gasteiger partial charge in [-0.1, -0.05) is 0 Å². The highest BCUT2D eigenvalue weighted by atomic mass is 32.1. The van der Waals surface area contributed by atoms with Gasteiger partial charge in [0, 0.05) is 55.4 Å². The molecule has 0 fully saturated rings. The van der Waals surface area contributed by atoms with Gasteiger partial charge < -0.3 is 0 Å². The van der Waals surface area contributed by atoms with Crippen molar-refractivity contribution in [2.24, 2.45) is 0 Å². The van der Waals surface area contributed by atoms with Crippen LogP contribution < -0.4 is 0 Å². The van der Waals surface area contributed by atoms with Gasteiger partial charge in [-0.25, -0.2) is 19.9 Å². The fourth-order valence-electron chi connectivity index (χ4n) is 2.10. The number of hydrogen-bond acceptors (Lipinski definition) is 6. The zero-order valence-electron chi connectivity index (χ0n) is 11.4. The summed E-state index contributed by atoms with van der Waals surface area (Å²) in [6.07, 6.45) is 10.4. The average Bonchev–Trinajstić information content (AvgIpc) is 3.26. The summed E-state index contributed by atoms with van der Waals surface area (Å²) in [5.74, 6) is 0. The van der Waals surface area contributed by atoms with E-state index in [0.717, 1.165) is 11.1 Å². The van der Waals surface area contributed by atoms with E-state index in [2.05, 4.69) is 44.2 Å². The molecule has 0 aliphatic rings. The lowest BCUT2D eigenvalue weighted by atomic mass is 10.2. The Bertz CT molecular complexity index is 809. The molecule has 4 aromatic heterocycles. The van der Waals surface area contributed by atoms with E-state index >= 15 is 0 Å². The highest BCUT2D eigenvalue weighted by Crippen LogP contribution is 2.39. The van der Waals surface area contributed by atoms with Crippen LogP contribution in [0.5, 0.6) is 0 Å². The van der Waals surface area contributed by atoms with Gasteiger partial charge in [-0.3, -0.25) is 0 Å². The highest BCUT2D eigenvalue weighted by Gasteiger charge is 2.09. The normalized spacial score (nSPS) is 10.7. The van der Waals surface area contributed by atoms with Crippen LogP contribution in [0.1, 0.15) is 0 Å². The van der Waals surface area contributed by atoms with Crippen molar-refractivity contribution in [3.8, 4) is 30.6 Å². The van der Waals surface area contributed by atoms with Crippen LogP contribution in [-0.4, -0.2) is 19.9 Å². The minimum atomic E-state index is 1.05. The molecule has 0 aliphatic carbocycles. The van der Waals surface area contributed by atoms with Gasteiger partial charge >= 0.3 is 0 Å². The van der Waals surface area contributed by atoms with Gasteiger partial charge in [0.05, 0.1) is 0 Å². The molecule has 0 radical (unpaired) electrons. The molecular formula is C16H10N4S2. The minimum Gasteiger partial charge on any atom is -0.244 e. The molecule has 4 nitrogen and oxygen atoms in total. The van der Waals surface area contributed by atoms with Crippen LogP contribution in [0.15, 0.2) is 61.7 Å². The lowest BCUT2D eigenvalue weighted by Gasteiger charge is -1.94. The molecule has 0 spiro atoms. The highest BCUT2D eigenvalue weighted by molar-refractivity contribution is 7.25. The van der Waals surface area contributed by atoms with E-state index in [1.807, 2.05) is 24.8 Å². The third-order valence-corrected chi connectivity index (χ3v) is 5.61. The van der Waals surface area contributed by atoms with Crippen LogP contribution in [0.2, 0.25) is 0 Å².